The molecular formula is C28H39N3O2. The molecule has 0 aliphatic rings. The van der Waals surface area contributed by atoms with Gasteiger partial charge in [0.15, 0.2) is 0 Å². The van der Waals surface area contributed by atoms with Crippen LogP contribution in [0.5, 0.6) is 5.75 Å². The van der Waals surface area contributed by atoms with Gasteiger partial charge in [0.1, 0.15) is 11.6 Å². The average molecular weight is 450 g/mol. The second-order valence-electron chi connectivity index (χ2n) is 8.83. The number of imidazole rings is 1. The number of unbranched alkanes of at least 4 members (excludes halogenated alkanes) is 1. The summed E-state index contributed by atoms with van der Waals surface area (Å²) < 4.78 is 8.37. The van der Waals surface area contributed by atoms with E-state index in [9.17, 15) is 4.79 Å². The molecule has 33 heavy (non-hydrogen) atoms. The monoisotopic (exact) mass is 449 g/mol. The summed E-state index contributed by atoms with van der Waals surface area (Å²) in [5.74, 6) is 2.39. The zero-order valence-corrected chi connectivity index (χ0v) is 20.7. The van der Waals surface area contributed by atoms with E-state index in [0.717, 1.165) is 62.2 Å². The van der Waals surface area contributed by atoms with Crippen LogP contribution in [0.3, 0.4) is 0 Å². The molecule has 0 aliphatic carbocycles. The van der Waals surface area contributed by atoms with Gasteiger partial charge in [0.25, 0.3) is 0 Å². The van der Waals surface area contributed by atoms with Crippen molar-refractivity contribution < 1.29 is 9.53 Å². The SMILES string of the molecule is CCC(CC)C(=O)NCCCc1nc2ccccc2n1CCCCOc1cccc(C)c1C. The highest BCUT2D eigenvalue weighted by Gasteiger charge is 2.14. The van der Waals surface area contributed by atoms with Gasteiger partial charge >= 0.3 is 0 Å². The van der Waals surface area contributed by atoms with Crippen molar-refractivity contribution in [2.24, 2.45) is 5.92 Å². The highest BCUT2D eigenvalue weighted by molar-refractivity contribution is 5.78. The number of nitrogens with one attached hydrogen (secondary N) is 1. The van der Waals surface area contributed by atoms with Crippen molar-refractivity contribution in [2.75, 3.05) is 13.2 Å². The van der Waals surface area contributed by atoms with E-state index >= 15 is 0 Å². The van der Waals surface area contributed by atoms with E-state index in [1.807, 2.05) is 12.1 Å². The van der Waals surface area contributed by atoms with Crippen LogP contribution >= 0.6 is 0 Å². The summed E-state index contributed by atoms with van der Waals surface area (Å²) in [5, 5.41) is 3.10. The molecule has 0 spiro atoms. The average Bonchev–Trinajstić information content (AvgIpc) is 3.17. The number of benzene rings is 2. The van der Waals surface area contributed by atoms with Gasteiger partial charge in [0, 0.05) is 25.4 Å². The van der Waals surface area contributed by atoms with E-state index in [2.05, 4.69) is 67.9 Å². The van der Waals surface area contributed by atoms with Crippen LogP contribution in [-0.4, -0.2) is 28.6 Å². The minimum Gasteiger partial charge on any atom is -0.493 e. The molecule has 5 heteroatoms. The molecular weight excluding hydrogens is 410 g/mol. The Balaban J connectivity index is 1.53. The van der Waals surface area contributed by atoms with Gasteiger partial charge in [-0.15, -0.1) is 0 Å². The molecule has 3 rings (SSSR count). The molecule has 1 N–H and O–H groups in total. The number of carbonyl (C=O) groups excluding carboxylic acids is 1. The topological polar surface area (TPSA) is 56.2 Å². The number of aromatic nitrogens is 2. The molecule has 1 aromatic heterocycles. The standard InChI is InChI=1S/C28H39N3O2/c1-5-23(6-2)28(32)29-18-12-17-27-30-24-14-7-8-15-25(24)31(27)19-9-10-20-33-26-16-11-13-21(3)22(26)4/h7-8,11,13-16,23H,5-6,9-10,12,17-20H2,1-4H3,(H,29,32). The Morgan fingerprint density at radius 1 is 1.03 bits per heavy atom. The van der Waals surface area contributed by atoms with E-state index in [-0.39, 0.29) is 11.8 Å². The van der Waals surface area contributed by atoms with Crippen molar-refractivity contribution >= 4 is 16.9 Å². The fourth-order valence-corrected chi connectivity index (χ4v) is 4.26. The van der Waals surface area contributed by atoms with Gasteiger partial charge in [-0.2, -0.15) is 0 Å². The van der Waals surface area contributed by atoms with E-state index in [4.69, 9.17) is 9.72 Å². The smallest absolute Gasteiger partial charge is 0.223 e. The normalized spacial score (nSPS) is 11.3. The first kappa shape index (κ1) is 24.8. The number of para-hydroxylation sites is 2. The Morgan fingerprint density at radius 3 is 2.61 bits per heavy atom. The molecule has 0 radical (unpaired) electrons. The van der Waals surface area contributed by atoms with E-state index in [0.29, 0.717) is 13.2 Å². The quantitative estimate of drug-likeness (QED) is 0.326. The molecule has 3 aromatic rings. The molecule has 0 atom stereocenters. The lowest BCUT2D eigenvalue weighted by molar-refractivity contribution is -0.125. The van der Waals surface area contributed by atoms with Crippen LogP contribution in [0.2, 0.25) is 0 Å². The third-order valence-corrected chi connectivity index (χ3v) is 6.55. The lowest BCUT2D eigenvalue weighted by atomic mass is 10.0. The van der Waals surface area contributed by atoms with Crippen LogP contribution in [0.15, 0.2) is 42.5 Å². The van der Waals surface area contributed by atoms with Crippen LogP contribution in [0.4, 0.5) is 0 Å². The minimum atomic E-state index is 0.125. The Bertz CT molecular complexity index is 1040. The summed E-state index contributed by atoms with van der Waals surface area (Å²) in [7, 11) is 0. The summed E-state index contributed by atoms with van der Waals surface area (Å²) in [4.78, 5) is 17.1. The molecule has 0 fully saturated rings. The number of fused-ring (bicyclic) bond motifs is 1. The second kappa shape index (κ2) is 12.4. The molecule has 0 saturated carbocycles. The molecule has 0 aliphatic heterocycles. The highest BCUT2D eigenvalue weighted by Crippen LogP contribution is 2.21. The number of nitrogens with zero attached hydrogens (tertiary/aromatic N) is 2. The Hall–Kier alpha value is -2.82. The molecule has 2 aromatic carbocycles. The number of aryl methyl sites for hydroxylation is 3. The molecule has 0 unspecified atom stereocenters. The van der Waals surface area contributed by atoms with Gasteiger partial charge < -0.3 is 14.6 Å². The van der Waals surface area contributed by atoms with E-state index in [1.54, 1.807) is 0 Å². The van der Waals surface area contributed by atoms with Crippen molar-refractivity contribution in [3.05, 3.63) is 59.4 Å². The summed E-state index contributed by atoms with van der Waals surface area (Å²) >= 11 is 0. The predicted molar refractivity (Wildman–Crippen MR) is 136 cm³/mol. The van der Waals surface area contributed by atoms with Gasteiger partial charge in [-0.25, -0.2) is 4.98 Å². The molecule has 5 nitrogen and oxygen atoms in total. The predicted octanol–water partition coefficient (Wildman–Crippen LogP) is 6.00. The number of hydrogen-bond acceptors (Lipinski definition) is 3. The Kier molecular flexibility index (Phi) is 9.35. The fourth-order valence-electron chi connectivity index (χ4n) is 4.26. The maximum absolute atomic E-state index is 12.2. The first-order chi connectivity index (χ1) is 16.0. The van der Waals surface area contributed by atoms with Gasteiger partial charge in [-0.3, -0.25) is 4.79 Å². The summed E-state index contributed by atoms with van der Waals surface area (Å²) in [6, 6.07) is 14.5. The van der Waals surface area contributed by atoms with Crippen molar-refractivity contribution in [1.29, 1.82) is 0 Å². The van der Waals surface area contributed by atoms with Crippen LogP contribution in [-0.2, 0) is 17.8 Å². The third-order valence-electron chi connectivity index (χ3n) is 6.55. The maximum atomic E-state index is 12.2. The summed E-state index contributed by atoms with van der Waals surface area (Å²) in [5.41, 5.74) is 4.71. The number of amides is 1. The van der Waals surface area contributed by atoms with Gasteiger partial charge in [-0.05, 0) is 75.3 Å². The maximum Gasteiger partial charge on any atom is 0.223 e. The molecule has 0 saturated heterocycles. The van der Waals surface area contributed by atoms with E-state index < -0.39 is 0 Å². The van der Waals surface area contributed by atoms with Crippen LogP contribution in [0, 0.1) is 19.8 Å². The molecule has 1 amide bonds. The van der Waals surface area contributed by atoms with Crippen molar-refractivity contribution in [3.63, 3.8) is 0 Å². The first-order valence-electron chi connectivity index (χ1n) is 12.5. The van der Waals surface area contributed by atoms with Crippen molar-refractivity contribution in [2.45, 2.75) is 72.8 Å². The highest BCUT2D eigenvalue weighted by atomic mass is 16.5. The molecule has 0 bridgehead atoms. The fraction of sp³-hybridized carbons (Fsp3) is 0.500. The first-order valence-corrected chi connectivity index (χ1v) is 12.5. The van der Waals surface area contributed by atoms with Crippen LogP contribution in [0.1, 0.15) is 62.9 Å². The number of ether oxygens (including phenoxy) is 1. The van der Waals surface area contributed by atoms with E-state index in [1.165, 1.54) is 16.6 Å². The van der Waals surface area contributed by atoms with Gasteiger partial charge in [0.2, 0.25) is 5.91 Å². The number of rotatable bonds is 13. The third kappa shape index (κ3) is 6.59. The zero-order chi connectivity index (χ0) is 23.6. The molecule has 1 heterocycles. The van der Waals surface area contributed by atoms with Crippen LogP contribution < -0.4 is 10.1 Å². The van der Waals surface area contributed by atoms with Crippen molar-refractivity contribution in [3.8, 4) is 5.75 Å². The second-order valence-corrected chi connectivity index (χ2v) is 8.83. The largest absolute Gasteiger partial charge is 0.493 e. The lowest BCUT2D eigenvalue weighted by Gasteiger charge is -2.13. The van der Waals surface area contributed by atoms with Crippen LogP contribution in [0.25, 0.3) is 11.0 Å². The summed E-state index contributed by atoms with van der Waals surface area (Å²) in [6.45, 7) is 10.7. The zero-order valence-electron chi connectivity index (χ0n) is 20.7. The minimum absolute atomic E-state index is 0.125. The Morgan fingerprint density at radius 2 is 1.82 bits per heavy atom. The Labute approximate surface area is 198 Å². The summed E-state index contributed by atoms with van der Waals surface area (Å²) in [6.07, 6.45) is 5.56. The van der Waals surface area contributed by atoms with Gasteiger partial charge in [0.05, 0.1) is 17.6 Å². The number of carbonyl (C=O) groups is 1. The molecule has 178 valence electrons. The van der Waals surface area contributed by atoms with Crippen molar-refractivity contribution in [1.82, 2.24) is 14.9 Å². The number of hydrogen-bond donors (Lipinski definition) is 1. The lowest BCUT2D eigenvalue weighted by Crippen LogP contribution is -2.31. The van der Waals surface area contributed by atoms with Gasteiger partial charge in [-0.1, -0.05) is 38.1 Å².